The maximum Gasteiger partial charge on any atom is 0.633 e. The van der Waals surface area contributed by atoms with Gasteiger partial charge in [-0.3, -0.25) is 0 Å². The molecule has 0 atom stereocenters. The summed E-state index contributed by atoms with van der Waals surface area (Å²) >= 11 is 0. The second kappa shape index (κ2) is 11.4. The maximum absolute atomic E-state index is 8.43. The van der Waals surface area contributed by atoms with Crippen molar-refractivity contribution in [2.75, 3.05) is 6.61 Å². The van der Waals surface area contributed by atoms with E-state index in [0.717, 1.165) is 18.8 Å². The van der Waals surface area contributed by atoms with Crippen molar-refractivity contribution < 1.29 is 14.7 Å². The zero-order valence-electron chi connectivity index (χ0n) is 10.8. The minimum Gasteiger partial charge on any atom is -0.402 e. The Labute approximate surface area is 100 Å². The fourth-order valence-electron chi connectivity index (χ4n) is 1.73. The Morgan fingerprint density at radius 3 is 1.88 bits per heavy atom. The van der Waals surface area contributed by atoms with Crippen LogP contribution in [0.4, 0.5) is 0 Å². The molecule has 0 aromatic carbocycles. The van der Waals surface area contributed by atoms with Gasteiger partial charge in [-0.2, -0.15) is 0 Å². The number of unbranched alkanes of at least 4 members (excludes halogenated alkanes) is 6. The van der Waals surface area contributed by atoms with Crippen LogP contribution in [0, 0.1) is 5.92 Å². The second-order valence-electron chi connectivity index (χ2n) is 4.85. The summed E-state index contributed by atoms with van der Waals surface area (Å²) in [6.07, 6.45) is 9.95. The molecule has 0 unspecified atom stereocenters. The molecule has 0 spiro atoms. The van der Waals surface area contributed by atoms with Gasteiger partial charge in [0.25, 0.3) is 0 Å². The highest BCUT2D eigenvalue weighted by atomic mass is 16.6. The summed E-state index contributed by atoms with van der Waals surface area (Å²) in [5.74, 6) is 0.835. The normalized spacial score (nSPS) is 11.1. The summed E-state index contributed by atoms with van der Waals surface area (Å²) in [6.45, 7) is 5.00. The lowest BCUT2D eigenvalue weighted by Crippen LogP contribution is -2.17. The molecule has 0 rings (SSSR count). The predicted octanol–water partition coefficient (Wildman–Crippen LogP) is 2.75. The molecule has 2 N–H and O–H groups in total. The quantitative estimate of drug-likeness (QED) is 0.424. The molecule has 0 fully saturated rings. The molecule has 0 aromatic rings. The molecule has 0 aliphatic rings. The summed E-state index contributed by atoms with van der Waals surface area (Å²) in [6, 6.07) is 0. The first-order valence-electron chi connectivity index (χ1n) is 6.60. The molecule has 3 nitrogen and oxygen atoms in total. The van der Waals surface area contributed by atoms with Crippen LogP contribution in [-0.2, 0) is 4.65 Å². The van der Waals surface area contributed by atoms with Crippen molar-refractivity contribution >= 4 is 7.32 Å². The Morgan fingerprint density at radius 1 is 0.875 bits per heavy atom. The van der Waals surface area contributed by atoms with Crippen molar-refractivity contribution in [1.29, 1.82) is 0 Å². The standard InChI is InChI=1S/C12H27BO3/c1-12(2)10-8-6-4-3-5-7-9-11-16-13(14)15/h12,14-15H,3-11H2,1-2H3. The van der Waals surface area contributed by atoms with Crippen molar-refractivity contribution in [3.05, 3.63) is 0 Å². The number of hydrogen-bond acceptors (Lipinski definition) is 3. The van der Waals surface area contributed by atoms with E-state index in [1.165, 1.54) is 38.5 Å². The molecule has 0 amide bonds. The zero-order chi connectivity index (χ0) is 12.2. The van der Waals surface area contributed by atoms with E-state index in [1.807, 2.05) is 0 Å². The Bertz CT molecular complexity index is 124. The molecular formula is C12H27BO3. The third kappa shape index (κ3) is 13.9. The molecule has 16 heavy (non-hydrogen) atoms. The minimum absolute atomic E-state index is 0.449. The van der Waals surface area contributed by atoms with Crippen LogP contribution in [0.3, 0.4) is 0 Å². The molecular weight excluding hydrogens is 203 g/mol. The highest BCUT2D eigenvalue weighted by molar-refractivity contribution is 6.32. The van der Waals surface area contributed by atoms with Gasteiger partial charge in [0.05, 0.1) is 0 Å². The van der Waals surface area contributed by atoms with E-state index in [9.17, 15) is 0 Å². The Morgan fingerprint density at radius 2 is 1.38 bits per heavy atom. The van der Waals surface area contributed by atoms with Crippen LogP contribution in [0.2, 0.25) is 0 Å². The summed E-state index contributed by atoms with van der Waals surface area (Å²) in [4.78, 5) is 0. The highest BCUT2D eigenvalue weighted by Crippen LogP contribution is 2.11. The van der Waals surface area contributed by atoms with E-state index in [0.29, 0.717) is 6.61 Å². The predicted molar refractivity (Wildman–Crippen MR) is 67.9 cm³/mol. The van der Waals surface area contributed by atoms with Crippen molar-refractivity contribution in [1.82, 2.24) is 0 Å². The molecule has 4 heteroatoms. The third-order valence-corrected chi connectivity index (χ3v) is 2.69. The van der Waals surface area contributed by atoms with E-state index in [4.69, 9.17) is 10.0 Å². The van der Waals surface area contributed by atoms with Crippen LogP contribution in [0.1, 0.15) is 65.2 Å². The number of hydrogen-bond donors (Lipinski definition) is 2. The van der Waals surface area contributed by atoms with Gasteiger partial charge in [0.2, 0.25) is 0 Å². The maximum atomic E-state index is 8.43. The SMILES string of the molecule is CC(C)CCCCCCCCCOB(O)O. The molecule has 0 saturated heterocycles. The molecule has 0 aromatic heterocycles. The third-order valence-electron chi connectivity index (χ3n) is 2.69. The van der Waals surface area contributed by atoms with Crippen LogP contribution >= 0.6 is 0 Å². The molecule has 0 bridgehead atoms. The Hall–Kier alpha value is -0.0551. The van der Waals surface area contributed by atoms with E-state index in [-0.39, 0.29) is 0 Å². The van der Waals surface area contributed by atoms with Crippen LogP contribution < -0.4 is 0 Å². The molecule has 0 aliphatic carbocycles. The van der Waals surface area contributed by atoms with Crippen LogP contribution in [0.25, 0.3) is 0 Å². The van der Waals surface area contributed by atoms with Gasteiger partial charge in [-0.1, -0.05) is 58.8 Å². The first kappa shape index (κ1) is 15.9. The molecule has 0 saturated carbocycles. The van der Waals surface area contributed by atoms with E-state index in [1.54, 1.807) is 0 Å². The number of rotatable bonds is 11. The van der Waals surface area contributed by atoms with Crippen molar-refractivity contribution in [3.63, 3.8) is 0 Å². The summed E-state index contributed by atoms with van der Waals surface area (Å²) in [5.41, 5.74) is 0. The average molecular weight is 230 g/mol. The summed E-state index contributed by atoms with van der Waals surface area (Å²) in [5, 5.41) is 16.9. The van der Waals surface area contributed by atoms with Crippen molar-refractivity contribution in [2.45, 2.75) is 65.2 Å². The van der Waals surface area contributed by atoms with Gasteiger partial charge in [0.1, 0.15) is 0 Å². The lowest BCUT2D eigenvalue weighted by Gasteiger charge is -2.05. The van der Waals surface area contributed by atoms with E-state index < -0.39 is 7.32 Å². The Balaban J connectivity index is 2.93. The zero-order valence-corrected chi connectivity index (χ0v) is 10.8. The second-order valence-corrected chi connectivity index (χ2v) is 4.85. The monoisotopic (exact) mass is 230 g/mol. The van der Waals surface area contributed by atoms with Gasteiger partial charge in [-0.05, 0) is 12.3 Å². The van der Waals surface area contributed by atoms with Crippen LogP contribution in [-0.4, -0.2) is 24.0 Å². The summed E-state index contributed by atoms with van der Waals surface area (Å²) in [7, 11) is -1.60. The average Bonchev–Trinajstić information content (AvgIpc) is 2.20. The first-order valence-corrected chi connectivity index (χ1v) is 6.60. The highest BCUT2D eigenvalue weighted by Gasteiger charge is 2.06. The summed E-state index contributed by atoms with van der Waals surface area (Å²) < 4.78 is 4.62. The molecule has 96 valence electrons. The molecule has 0 radical (unpaired) electrons. The smallest absolute Gasteiger partial charge is 0.402 e. The van der Waals surface area contributed by atoms with Crippen LogP contribution in [0.5, 0.6) is 0 Å². The van der Waals surface area contributed by atoms with Crippen molar-refractivity contribution in [2.24, 2.45) is 5.92 Å². The largest absolute Gasteiger partial charge is 0.633 e. The van der Waals surface area contributed by atoms with Crippen LogP contribution in [0.15, 0.2) is 0 Å². The fraction of sp³-hybridized carbons (Fsp3) is 1.00. The van der Waals surface area contributed by atoms with Gasteiger partial charge in [0, 0.05) is 6.61 Å². The van der Waals surface area contributed by atoms with Gasteiger partial charge in [-0.25, -0.2) is 0 Å². The topological polar surface area (TPSA) is 49.7 Å². The van der Waals surface area contributed by atoms with Gasteiger partial charge < -0.3 is 14.7 Å². The molecule has 0 heterocycles. The van der Waals surface area contributed by atoms with Gasteiger partial charge >= 0.3 is 7.32 Å². The van der Waals surface area contributed by atoms with E-state index >= 15 is 0 Å². The van der Waals surface area contributed by atoms with Gasteiger partial charge in [0.15, 0.2) is 0 Å². The lowest BCUT2D eigenvalue weighted by atomic mass is 10.0. The first-order chi connectivity index (χ1) is 7.63. The Kier molecular flexibility index (Phi) is 11.4. The van der Waals surface area contributed by atoms with E-state index in [2.05, 4.69) is 18.5 Å². The van der Waals surface area contributed by atoms with Crippen molar-refractivity contribution in [3.8, 4) is 0 Å². The fourth-order valence-corrected chi connectivity index (χ4v) is 1.73. The molecule has 0 aliphatic heterocycles. The lowest BCUT2D eigenvalue weighted by molar-refractivity contribution is 0.182. The minimum atomic E-state index is -1.60. The van der Waals surface area contributed by atoms with Gasteiger partial charge in [-0.15, -0.1) is 0 Å².